The molecule has 6 nitrogen and oxygen atoms in total. The molecule has 0 saturated heterocycles. The molecule has 0 N–H and O–H groups in total. The second kappa shape index (κ2) is 4.20. The average Bonchev–Trinajstić information content (AvgIpc) is 2.19. The third kappa shape index (κ3) is 1.63. The maximum atomic E-state index is 8.51. The second-order valence-corrected chi connectivity index (χ2v) is 1.89. The topological polar surface area (TPSA) is 122 Å². The highest BCUT2D eigenvalue weighted by molar-refractivity contribution is 5.36. The molecule has 0 aliphatic carbocycles. The number of rotatable bonds is 2. The second-order valence-electron chi connectivity index (χ2n) is 1.89. The molecular weight excluding hydrogens is 168 g/mol. The van der Waals surface area contributed by atoms with Crippen LogP contribution in [0.4, 0.5) is 0 Å². The van der Waals surface area contributed by atoms with Crippen molar-refractivity contribution in [3.05, 3.63) is 0 Å². The Labute approximate surface area is 74.7 Å². The molecule has 0 aliphatic rings. The first-order chi connectivity index (χ1) is 6.20. The van der Waals surface area contributed by atoms with E-state index in [1.165, 1.54) is 24.4 Å². The van der Waals surface area contributed by atoms with Crippen LogP contribution < -0.4 is 0 Å². The Morgan fingerprint density at radius 1 is 0.923 bits per heavy atom. The van der Waals surface area contributed by atoms with Crippen molar-refractivity contribution in [2.45, 2.75) is 5.54 Å². The van der Waals surface area contributed by atoms with E-state index in [0.29, 0.717) is 4.90 Å². The van der Waals surface area contributed by atoms with Gasteiger partial charge in [-0.1, -0.05) is 0 Å². The van der Waals surface area contributed by atoms with Gasteiger partial charge in [0.15, 0.2) is 6.19 Å². The zero-order chi connectivity index (χ0) is 10.3. The minimum Gasteiger partial charge on any atom is -0.252 e. The number of hydrogen-bond acceptors (Lipinski definition) is 6. The smallest absolute Gasteiger partial charge is 0.252 e. The van der Waals surface area contributed by atoms with Crippen LogP contribution in [-0.4, -0.2) is 17.0 Å². The fourth-order valence-corrected chi connectivity index (χ4v) is 0.556. The summed E-state index contributed by atoms with van der Waals surface area (Å²) >= 11 is 0. The van der Waals surface area contributed by atoms with Crippen LogP contribution in [0.15, 0.2) is 0 Å². The summed E-state index contributed by atoms with van der Waals surface area (Å²) in [6.07, 6.45) is 1.44. The maximum Gasteiger partial charge on any atom is 0.310 e. The van der Waals surface area contributed by atoms with Crippen molar-refractivity contribution in [2.24, 2.45) is 0 Å². The summed E-state index contributed by atoms with van der Waals surface area (Å²) in [5.74, 6) is 0. The highest BCUT2D eigenvalue weighted by Gasteiger charge is 2.37. The molecule has 0 radical (unpaired) electrons. The summed E-state index contributed by atoms with van der Waals surface area (Å²) < 4.78 is 0. The first-order valence-electron chi connectivity index (χ1n) is 2.99. The van der Waals surface area contributed by atoms with Crippen molar-refractivity contribution in [1.29, 1.82) is 26.3 Å². The Hall–Kier alpha value is -2.75. The quantitative estimate of drug-likeness (QED) is 0.315. The molecule has 0 bridgehead atoms. The van der Waals surface area contributed by atoms with Crippen molar-refractivity contribution in [3.63, 3.8) is 0 Å². The predicted octanol–water partition coefficient (Wildman–Crippen LogP) is -0.397. The van der Waals surface area contributed by atoms with Crippen LogP contribution in [0.2, 0.25) is 0 Å². The van der Waals surface area contributed by atoms with Crippen molar-refractivity contribution in [1.82, 2.24) is 4.90 Å². The molecule has 0 amide bonds. The zero-order valence-electron chi connectivity index (χ0n) is 6.39. The third-order valence-electron chi connectivity index (χ3n) is 1.24. The largest absolute Gasteiger partial charge is 0.310 e. The van der Waals surface area contributed by atoms with Crippen molar-refractivity contribution >= 4 is 0 Å². The van der Waals surface area contributed by atoms with Crippen molar-refractivity contribution in [3.8, 4) is 30.5 Å². The maximum absolute atomic E-state index is 8.51. The van der Waals surface area contributed by atoms with Crippen LogP contribution in [0.5, 0.6) is 0 Å². The lowest BCUT2D eigenvalue weighted by Gasteiger charge is -2.18. The molecule has 0 aromatic rings. The summed E-state index contributed by atoms with van der Waals surface area (Å²) in [7, 11) is 0. The lowest BCUT2D eigenvalue weighted by atomic mass is 10.0. The minimum absolute atomic E-state index is 0.467. The number of nitriles is 5. The first-order valence-corrected chi connectivity index (χ1v) is 2.99. The van der Waals surface area contributed by atoms with Crippen LogP contribution in [0, 0.1) is 56.8 Å². The molecule has 6 heteroatoms. The van der Waals surface area contributed by atoms with Gasteiger partial charge >= 0.3 is 5.54 Å². The fraction of sp³-hybridized carbons (Fsp3) is 0.286. The van der Waals surface area contributed by atoms with Gasteiger partial charge in [-0.3, -0.25) is 4.90 Å². The van der Waals surface area contributed by atoms with Crippen LogP contribution in [-0.2, 0) is 0 Å². The van der Waals surface area contributed by atoms with E-state index in [0.717, 1.165) is 0 Å². The molecule has 0 aromatic carbocycles. The number of nitrogens with zero attached hydrogens (tertiary/aromatic N) is 6. The first kappa shape index (κ1) is 10.2. The van der Waals surface area contributed by atoms with Crippen LogP contribution >= 0.6 is 0 Å². The molecule has 0 aliphatic heterocycles. The van der Waals surface area contributed by atoms with E-state index in [-0.39, 0.29) is 0 Å². The van der Waals surface area contributed by atoms with E-state index >= 15 is 0 Å². The summed E-state index contributed by atoms with van der Waals surface area (Å²) in [5, 5.41) is 42.2. The van der Waals surface area contributed by atoms with Gasteiger partial charge in [0, 0.05) is 0 Å². The van der Waals surface area contributed by atoms with E-state index in [1.807, 2.05) is 0 Å². The van der Waals surface area contributed by atoms with Gasteiger partial charge in [-0.25, -0.2) is 0 Å². The van der Waals surface area contributed by atoms with E-state index in [9.17, 15) is 0 Å². The summed E-state index contributed by atoms with van der Waals surface area (Å²) in [4.78, 5) is 0.521. The molecule has 0 atom stereocenters. The molecular formula is C7H2N6. The van der Waals surface area contributed by atoms with Crippen LogP contribution in [0.1, 0.15) is 0 Å². The van der Waals surface area contributed by atoms with E-state index in [4.69, 9.17) is 26.3 Å². The molecule has 0 heterocycles. The van der Waals surface area contributed by atoms with Gasteiger partial charge in [0.05, 0.1) is 6.07 Å². The van der Waals surface area contributed by atoms with Gasteiger partial charge in [-0.15, -0.1) is 0 Å². The molecule has 0 unspecified atom stereocenters. The molecule has 0 aromatic heterocycles. The molecule has 13 heavy (non-hydrogen) atoms. The molecule has 0 spiro atoms. The van der Waals surface area contributed by atoms with Gasteiger partial charge in [0.2, 0.25) is 0 Å². The Balaban J connectivity index is 5.15. The third-order valence-corrected chi connectivity index (χ3v) is 1.24. The Morgan fingerprint density at radius 2 is 1.38 bits per heavy atom. The average molecular weight is 170 g/mol. The highest BCUT2D eigenvalue weighted by atomic mass is 15.2. The number of hydrogen-bond donors (Lipinski definition) is 0. The van der Waals surface area contributed by atoms with Gasteiger partial charge in [-0.2, -0.15) is 26.3 Å². The van der Waals surface area contributed by atoms with Crippen LogP contribution in [0.25, 0.3) is 0 Å². The predicted molar refractivity (Wildman–Crippen MR) is 37.5 cm³/mol. The summed E-state index contributed by atoms with van der Waals surface area (Å²) in [6.45, 7) is -0.467. The standard InChI is InChI=1S/C7H2N6/c8-1-2-13(6-12)7(3-9,4-10)5-11/h2H2. The van der Waals surface area contributed by atoms with Gasteiger partial charge in [-0.05, 0) is 0 Å². The zero-order valence-corrected chi connectivity index (χ0v) is 6.39. The highest BCUT2D eigenvalue weighted by Crippen LogP contribution is 2.10. The fourth-order valence-electron chi connectivity index (χ4n) is 0.556. The normalized spacial score (nSPS) is 7.92. The van der Waals surface area contributed by atoms with Gasteiger partial charge in [0.25, 0.3) is 0 Å². The molecule has 0 fully saturated rings. The van der Waals surface area contributed by atoms with Gasteiger partial charge < -0.3 is 0 Å². The molecule has 60 valence electrons. The van der Waals surface area contributed by atoms with Gasteiger partial charge in [0.1, 0.15) is 24.8 Å². The Morgan fingerprint density at radius 3 is 1.62 bits per heavy atom. The van der Waals surface area contributed by atoms with E-state index in [1.54, 1.807) is 6.07 Å². The minimum atomic E-state index is -2.19. The molecule has 0 rings (SSSR count). The molecule has 0 saturated carbocycles. The van der Waals surface area contributed by atoms with Crippen LogP contribution in [0.3, 0.4) is 0 Å². The van der Waals surface area contributed by atoms with Crippen molar-refractivity contribution in [2.75, 3.05) is 6.54 Å². The SMILES string of the molecule is N#CCN(C#N)C(C#N)(C#N)C#N. The lowest BCUT2D eigenvalue weighted by Crippen LogP contribution is -2.42. The Kier molecular flexibility index (Phi) is 3.31. The van der Waals surface area contributed by atoms with E-state index in [2.05, 4.69) is 0 Å². The Bertz CT molecular complexity index is 353. The summed E-state index contributed by atoms with van der Waals surface area (Å²) in [6, 6.07) is 5.72. The lowest BCUT2D eigenvalue weighted by molar-refractivity contribution is 0.366. The summed E-state index contributed by atoms with van der Waals surface area (Å²) in [5.41, 5.74) is -2.19. The monoisotopic (exact) mass is 170 g/mol. The van der Waals surface area contributed by atoms with E-state index < -0.39 is 12.1 Å². The van der Waals surface area contributed by atoms with Crippen molar-refractivity contribution < 1.29 is 0 Å².